The van der Waals surface area contributed by atoms with Gasteiger partial charge in [0.1, 0.15) is 17.7 Å². The smallest absolute Gasteiger partial charge is 0.337 e. The summed E-state index contributed by atoms with van der Waals surface area (Å²) >= 11 is 1.29. The molecule has 1 atom stereocenters. The van der Waals surface area contributed by atoms with Gasteiger partial charge in [-0.1, -0.05) is 0 Å². The summed E-state index contributed by atoms with van der Waals surface area (Å²) in [5.41, 5.74) is 2.08. The number of nitrogens with one attached hydrogen (secondary N) is 1. The number of ether oxygens (including phenoxy) is 2. The molecule has 0 saturated heterocycles. The van der Waals surface area contributed by atoms with E-state index in [2.05, 4.69) is 10.1 Å². The summed E-state index contributed by atoms with van der Waals surface area (Å²) < 4.78 is 24.9. The van der Waals surface area contributed by atoms with Gasteiger partial charge in [0.2, 0.25) is 0 Å². The Balaban J connectivity index is 1.44. The van der Waals surface area contributed by atoms with Crippen LogP contribution in [0.25, 0.3) is 10.4 Å². The van der Waals surface area contributed by atoms with E-state index in [-0.39, 0.29) is 30.2 Å². The summed E-state index contributed by atoms with van der Waals surface area (Å²) in [6.45, 7) is 1.72. The zero-order chi connectivity index (χ0) is 22.8. The highest BCUT2D eigenvalue weighted by Crippen LogP contribution is 2.42. The Morgan fingerprint density at radius 2 is 1.84 bits per heavy atom. The molecule has 0 bridgehead atoms. The fraction of sp³-hybridized carbons (Fsp3) is 0.208. The molecule has 164 valence electrons. The van der Waals surface area contributed by atoms with Crippen molar-refractivity contribution in [3.63, 3.8) is 0 Å². The second-order valence-corrected chi connectivity index (χ2v) is 8.47. The highest BCUT2D eigenvalue weighted by molar-refractivity contribution is 7.17. The van der Waals surface area contributed by atoms with Gasteiger partial charge in [0.05, 0.1) is 24.1 Å². The van der Waals surface area contributed by atoms with E-state index in [9.17, 15) is 18.8 Å². The Labute approximate surface area is 188 Å². The topological polar surface area (TPSA) is 81.7 Å². The Bertz CT molecular complexity index is 1200. The molecule has 2 aromatic carbocycles. The lowest BCUT2D eigenvalue weighted by Gasteiger charge is -2.13. The van der Waals surface area contributed by atoms with Crippen molar-refractivity contribution in [1.29, 1.82) is 0 Å². The van der Waals surface area contributed by atoms with Crippen LogP contribution in [0, 0.1) is 5.82 Å². The van der Waals surface area contributed by atoms with Crippen LogP contribution in [-0.2, 0) is 11.2 Å². The molecule has 2 heterocycles. The Morgan fingerprint density at radius 1 is 1.12 bits per heavy atom. The van der Waals surface area contributed by atoms with Crippen LogP contribution in [0.5, 0.6) is 5.75 Å². The molecule has 1 aliphatic rings. The van der Waals surface area contributed by atoms with Crippen molar-refractivity contribution in [3.8, 4) is 16.2 Å². The van der Waals surface area contributed by atoms with Gasteiger partial charge in [-0.25, -0.2) is 9.18 Å². The van der Waals surface area contributed by atoms with Crippen molar-refractivity contribution in [2.24, 2.45) is 0 Å². The number of rotatable bonds is 6. The molecule has 0 fully saturated rings. The maximum atomic E-state index is 14.2. The van der Waals surface area contributed by atoms with E-state index in [0.717, 1.165) is 10.4 Å². The van der Waals surface area contributed by atoms with Gasteiger partial charge in [0, 0.05) is 28.0 Å². The van der Waals surface area contributed by atoms with Crippen LogP contribution in [0.1, 0.15) is 42.9 Å². The van der Waals surface area contributed by atoms with Crippen molar-refractivity contribution in [1.82, 2.24) is 5.32 Å². The number of fused-ring (bicyclic) bond motifs is 1. The van der Waals surface area contributed by atoms with Crippen LogP contribution >= 0.6 is 11.3 Å². The Morgan fingerprint density at radius 3 is 2.50 bits per heavy atom. The summed E-state index contributed by atoms with van der Waals surface area (Å²) in [6.07, 6.45) is 0.100. The lowest BCUT2D eigenvalue weighted by Crippen LogP contribution is -2.34. The minimum absolute atomic E-state index is 0.0459. The van der Waals surface area contributed by atoms with Crippen LogP contribution in [0.15, 0.2) is 48.5 Å². The van der Waals surface area contributed by atoms with E-state index in [0.29, 0.717) is 33.7 Å². The minimum atomic E-state index is -0.474. The summed E-state index contributed by atoms with van der Waals surface area (Å²) in [7, 11) is 1.29. The monoisotopic (exact) mass is 453 g/mol. The van der Waals surface area contributed by atoms with E-state index in [1.54, 1.807) is 24.3 Å². The molecule has 1 amide bonds. The van der Waals surface area contributed by atoms with E-state index in [4.69, 9.17) is 4.74 Å². The van der Waals surface area contributed by atoms with Gasteiger partial charge in [0.15, 0.2) is 5.78 Å². The van der Waals surface area contributed by atoms with Gasteiger partial charge in [0.25, 0.3) is 5.91 Å². The first-order chi connectivity index (χ1) is 15.4. The predicted octanol–water partition coefficient (Wildman–Crippen LogP) is 4.28. The summed E-state index contributed by atoms with van der Waals surface area (Å²) in [6, 6.07) is 12.5. The number of carbonyl (C=O) groups is 3. The lowest BCUT2D eigenvalue weighted by atomic mass is 10.0. The van der Waals surface area contributed by atoms with Crippen molar-refractivity contribution >= 4 is 29.0 Å². The molecule has 1 aliphatic heterocycles. The maximum absolute atomic E-state index is 14.2. The summed E-state index contributed by atoms with van der Waals surface area (Å²) in [4.78, 5) is 36.9. The van der Waals surface area contributed by atoms with E-state index in [1.807, 2.05) is 0 Å². The number of benzene rings is 2. The van der Waals surface area contributed by atoms with Gasteiger partial charge in [-0.15, -0.1) is 11.3 Å². The molecular weight excluding hydrogens is 433 g/mol. The minimum Gasteiger partial charge on any atom is -0.487 e. The highest BCUT2D eigenvalue weighted by atomic mass is 32.1. The second kappa shape index (κ2) is 8.92. The number of halogens is 1. The molecule has 0 radical (unpaired) electrons. The molecule has 1 N–H and O–H groups in total. The van der Waals surface area contributed by atoms with Gasteiger partial charge in [-0.3, -0.25) is 9.59 Å². The number of methoxy groups -OCH3 is 1. The molecule has 1 unspecified atom stereocenters. The van der Waals surface area contributed by atoms with Crippen molar-refractivity contribution < 1.29 is 28.2 Å². The van der Waals surface area contributed by atoms with Crippen LogP contribution in [-0.4, -0.2) is 37.4 Å². The number of hydrogen-bond acceptors (Lipinski definition) is 6. The molecular formula is C24H20FNO5S. The normalized spacial score (nSPS) is 14.4. The van der Waals surface area contributed by atoms with Crippen molar-refractivity contribution in [2.75, 3.05) is 13.7 Å². The van der Waals surface area contributed by atoms with E-state index < -0.39 is 5.97 Å². The second-order valence-electron chi connectivity index (χ2n) is 7.38. The summed E-state index contributed by atoms with van der Waals surface area (Å²) in [5, 5.41) is 2.82. The molecule has 0 saturated carbocycles. The molecule has 4 rings (SSSR count). The third-order valence-corrected chi connectivity index (χ3v) is 6.36. The zero-order valence-corrected chi connectivity index (χ0v) is 18.3. The number of esters is 1. The predicted molar refractivity (Wildman–Crippen MR) is 118 cm³/mol. The third kappa shape index (κ3) is 4.40. The van der Waals surface area contributed by atoms with Crippen LogP contribution in [0.3, 0.4) is 0 Å². The average Bonchev–Trinajstić information content (AvgIpc) is 3.43. The number of thiophene rings is 1. The standard InChI is InChI=1S/C24H20FNO5S/c1-13(27)20-7-8-21(32-20)19-11-17(25)9-16-10-18(31-22(16)19)12-26-23(28)14-3-5-15(6-4-14)24(29)30-2/h3-9,11,18H,10,12H2,1-2H3,(H,26,28). The number of ketones is 1. The number of Topliss-reactive ketones (excluding diaryl/α,β-unsaturated/α-hetero) is 1. The largest absolute Gasteiger partial charge is 0.487 e. The van der Waals surface area contributed by atoms with Crippen LogP contribution in [0.4, 0.5) is 4.39 Å². The zero-order valence-electron chi connectivity index (χ0n) is 17.4. The molecule has 0 spiro atoms. The molecule has 6 nitrogen and oxygen atoms in total. The first-order valence-electron chi connectivity index (χ1n) is 9.92. The quantitative estimate of drug-likeness (QED) is 0.445. The first-order valence-corrected chi connectivity index (χ1v) is 10.7. The van der Waals surface area contributed by atoms with Gasteiger partial charge >= 0.3 is 5.97 Å². The fourth-order valence-electron chi connectivity index (χ4n) is 3.55. The van der Waals surface area contributed by atoms with Gasteiger partial charge in [-0.05, 0) is 55.5 Å². The molecule has 8 heteroatoms. The molecule has 32 heavy (non-hydrogen) atoms. The number of carbonyl (C=O) groups excluding carboxylic acids is 3. The molecule has 1 aromatic heterocycles. The van der Waals surface area contributed by atoms with E-state index >= 15 is 0 Å². The average molecular weight is 453 g/mol. The lowest BCUT2D eigenvalue weighted by molar-refractivity contribution is 0.0600. The first kappa shape index (κ1) is 21.7. The Kier molecular flexibility index (Phi) is 6.05. The van der Waals surface area contributed by atoms with Crippen molar-refractivity contribution in [3.05, 3.63) is 75.9 Å². The Hall–Kier alpha value is -3.52. The number of hydrogen-bond donors (Lipinski definition) is 1. The van der Waals surface area contributed by atoms with E-state index in [1.165, 1.54) is 49.6 Å². The third-order valence-electron chi connectivity index (χ3n) is 5.14. The van der Waals surface area contributed by atoms with Crippen molar-refractivity contribution in [2.45, 2.75) is 19.4 Å². The fourth-order valence-corrected chi connectivity index (χ4v) is 4.46. The highest BCUT2D eigenvalue weighted by Gasteiger charge is 2.28. The molecule has 3 aromatic rings. The maximum Gasteiger partial charge on any atom is 0.337 e. The SMILES string of the molecule is COC(=O)c1ccc(C(=O)NCC2Cc3cc(F)cc(-c4ccc(C(C)=O)s4)c3O2)cc1. The van der Waals surface area contributed by atoms with Crippen LogP contribution < -0.4 is 10.1 Å². The van der Waals surface area contributed by atoms with Gasteiger partial charge in [-0.2, -0.15) is 0 Å². The number of amides is 1. The molecule has 0 aliphatic carbocycles. The van der Waals surface area contributed by atoms with Crippen LogP contribution in [0.2, 0.25) is 0 Å². The summed E-state index contributed by atoms with van der Waals surface area (Å²) in [5.74, 6) is -0.633. The van der Waals surface area contributed by atoms with Gasteiger partial charge < -0.3 is 14.8 Å².